The topological polar surface area (TPSA) is 85.6 Å². The summed E-state index contributed by atoms with van der Waals surface area (Å²) < 4.78 is 36.7. The molecule has 3 rings (SSSR count). The van der Waals surface area contributed by atoms with Gasteiger partial charge in [0.2, 0.25) is 5.76 Å². The Morgan fingerprint density at radius 1 is 0.967 bits per heavy atom. The molecule has 6 nitrogen and oxygen atoms in total. The Morgan fingerprint density at radius 2 is 1.67 bits per heavy atom. The second-order valence-electron chi connectivity index (χ2n) is 6.46. The molecule has 0 fully saturated rings. The number of ether oxygens (including phenoxy) is 1. The van der Waals surface area contributed by atoms with Crippen LogP contribution in [0.15, 0.2) is 59.0 Å². The number of anilines is 1. The third-order valence-corrected chi connectivity index (χ3v) is 4.22. The number of amides is 1. The maximum Gasteiger partial charge on any atom is 0.375 e. The molecule has 0 aliphatic heterocycles. The summed E-state index contributed by atoms with van der Waals surface area (Å²) in [6.07, 6.45) is -1.21. The molecule has 1 aromatic heterocycles. The third-order valence-electron chi connectivity index (χ3n) is 4.22. The second kappa shape index (κ2) is 8.69. The molecule has 1 amide bonds. The predicted molar refractivity (Wildman–Crippen MR) is 104 cm³/mol. The lowest BCUT2D eigenvalue weighted by Crippen LogP contribution is -2.29. The fraction of sp³-hybridized carbons (Fsp3) is 0.136. The van der Waals surface area contributed by atoms with Crippen LogP contribution in [0.4, 0.5) is 14.5 Å². The maximum atomic E-state index is 13.2. The van der Waals surface area contributed by atoms with E-state index in [9.17, 15) is 23.2 Å². The first-order valence-electron chi connectivity index (χ1n) is 8.92. The van der Waals surface area contributed by atoms with Crippen molar-refractivity contribution in [3.8, 4) is 11.3 Å². The van der Waals surface area contributed by atoms with Gasteiger partial charge in [-0.25, -0.2) is 13.6 Å². The van der Waals surface area contributed by atoms with Crippen LogP contribution in [0.3, 0.4) is 0 Å². The molecule has 0 bridgehead atoms. The van der Waals surface area contributed by atoms with E-state index in [-0.39, 0.29) is 17.2 Å². The molecule has 1 heterocycles. The van der Waals surface area contributed by atoms with Gasteiger partial charge in [-0.1, -0.05) is 24.3 Å². The number of halogens is 2. The number of carbonyl (C=O) groups is 3. The van der Waals surface area contributed by atoms with E-state index in [0.29, 0.717) is 16.9 Å². The third kappa shape index (κ3) is 4.78. The first-order chi connectivity index (χ1) is 14.2. The molecule has 0 aliphatic carbocycles. The number of hydrogen-bond donors (Lipinski definition) is 1. The van der Waals surface area contributed by atoms with Gasteiger partial charge in [-0.05, 0) is 38.1 Å². The van der Waals surface area contributed by atoms with E-state index in [1.165, 1.54) is 26.0 Å². The van der Waals surface area contributed by atoms with Crippen LogP contribution in [0, 0.1) is 11.6 Å². The fourth-order valence-electron chi connectivity index (χ4n) is 2.56. The molecule has 0 spiro atoms. The Kier molecular flexibility index (Phi) is 6.06. The lowest BCUT2D eigenvalue weighted by atomic mass is 10.1. The predicted octanol–water partition coefficient (Wildman–Crippen LogP) is 4.61. The molecule has 0 radical (unpaired) electrons. The SMILES string of the molecule is CC(=O)c1ccc(-c2ccc(C(=O)O[C@H](C)C(=O)Nc3ccc(F)c(F)c3)o2)cc1. The molecule has 3 aromatic rings. The van der Waals surface area contributed by atoms with E-state index in [2.05, 4.69) is 5.32 Å². The van der Waals surface area contributed by atoms with Gasteiger partial charge in [0.1, 0.15) is 5.76 Å². The van der Waals surface area contributed by atoms with Crippen molar-refractivity contribution >= 4 is 23.3 Å². The molecule has 0 aliphatic rings. The molecular formula is C22H17F2NO5. The second-order valence-corrected chi connectivity index (χ2v) is 6.46. The number of benzene rings is 2. The van der Waals surface area contributed by atoms with Gasteiger partial charge in [0.05, 0.1) is 0 Å². The van der Waals surface area contributed by atoms with Gasteiger partial charge in [-0.15, -0.1) is 0 Å². The van der Waals surface area contributed by atoms with Gasteiger partial charge in [-0.3, -0.25) is 9.59 Å². The average molecular weight is 413 g/mol. The molecule has 0 unspecified atom stereocenters. The van der Waals surface area contributed by atoms with Crippen LogP contribution in [0.1, 0.15) is 34.8 Å². The monoisotopic (exact) mass is 413 g/mol. The van der Waals surface area contributed by atoms with Crippen LogP contribution in [0.25, 0.3) is 11.3 Å². The van der Waals surface area contributed by atoms with Crippen LogP contribution in [0.5, 0.6) is 0 Å². The molecule has 30 heavy (non-hydrogen) atoms. The van der Waals surface area contributed by atoms with E-state index in [1.807, 2.05) is 0 Å². The minimum Gasteiger partial charge on any atom is -0.449 e. The number of rotatable bonds is 6. The van der Waals surface area contributed by atoms with Crippen LogP contribution in [-0.4, -0.2) is 23.8 Å². The van der Waals surface area contributed by atoms with Gasteiger partial charge >= 0.3 is 5.97 Å². The van der Waals surface area contributed by atoms with Crippen molar-refractivity contribution in [2.75, 3.05) is 5.32 Å². The zero-order valence-corrected chi connectivity index (χ0v) is 16.1. The van der Waals surface area contributed by atoms with Crippen molar-refractivity contribution < 1.29 is 32.3 Å². The largest absolute Gasteiger partial charge is 0.449 e. The molecule has 154 valence electrons. The van der Waals surface area contributed by atoms with Crippen molar-refractivity contribution in [1.82, 2.24) is 0 Å². The van der Waals surface area contributed by atoms with Crippen molar-refractivity contribution in [2.45, 2.75) is 20.0 Å². The summed E-state index contributed by atoms with van der Waals surface area (Å²) in [5.41, 5.74) is 1.23. The number of esters is 1. The fourth-order valence-corrected chi connectivity index (χ4v) is 2.56. The number of furan rings is 1. The van der Waals surface area contributed by atoms with Gasteiger partial charge in [-0.2, -0.15) is 0 Å². The number of ketones is 1. The summed E-state index contributed by atoms with van der Waals surface area (Å²) in [6, 6.07) is 12.5. The molecule has 0 saturated carbocycles. The zero-order valence-electron chi connectivity index (χ0n) is 16.1. The highest BCUT2D eigenvalue weighted by Crippen LogP contribution is 2.23. The Hall–Kier alpha value is -3.81. The Morgan fingerprint density at radius 3 is 2.30 bits per heavy atom. The standard InChI is InChI=1S/C22H17F2NO5/c1-12(26)14-3-5-15(6-4-14)19-9-10-20(30-19)22(28)29-13(2)21(27)25-16-7-8-17(23)18(24)11-16/h3-11,13H,1-2H3,(H,25,27)/t13-/m1/s1. The van der Waals surface area contributed by atoms with E-state index in [1.54, 1.807) is 30.3 Å². The quantitative estimate of drug-likeness (QED) is 0.471. The highest BCUT2D eigenvalue weighted by atomic mass is 19.2. The van der Waals surface area contributed by atoms with E-state index in [4.69, 9.17) is 9.15 Å². The van der Waals surface area contributed by atoms with Crippen LogP contribution in [-0.2, 0) is 9.53 Å². The maximum absolute atomic E-state index is 13.2. The molecule has 1 atom stereocenters. The van der Waals surface area contributed by atoms with E-state index in [0.717, 1.165) is 12.1 Å². The zero-order chi connectivity index (χ0) is 21.8. The summed E-state index contributed by atoms with van der Waals surface area (Å²) in [5, 5.41) is 2.33. The Balaban J connectivity index is 1.63. The van der Waals surface area contributed by atoms with Crippen molar-refractivity contribution in [1.29, 1.82) is 0 Å². The molecule has 1 N–H and O–H groups in total. The molecule has 0 saturated heterocycles. The van der Waals surface area contributed by atoms with Gasteiger partial charge < -0.3 is 14.5 Å². The Labute approximate surface area is 170 Å². The molecule has 2 aromatic carbocycles. The van der Waals surface area contributed by atoms with Crippen molar-refractivity contribution in [3.63, 3.8) is 0 Å². The van der Waals surface area contributed by atoms with Crippen LogP contribution in [0.2, 0.25) is 0 Å². The minimum atomic E-state index is -1.21. The minimum absolute atomic E-state index is 0.0242. The highest BCUT2D eigenvalue weighted by Gasteiger charge is 2.22. The highest BCUT2D eigenvalue weighted by molar-refractivity contribution is 5.97. The van der Waals surface area contributed by atoms with Gasteiger partial charge in [0, 0.05) is 22.9 Å². The first-order valence-corrected chi connectivity index (χ1v) is 8.92. The van der Waals surface area contributed by atoms with E-state index >= 15 is 0 Å². The number of nitrogens with one attached hydrogen (secondary N) is 1. The van der Waals surface area contributed by atoms with Crippen molar-refractivity contribution in [3.05, 3.63) is 77.6 Å². The van der Waals surface area contributed by atoms with E-state index < -0.39 is 29.6 Å². The smallest absolute Gasteiger partial charge is 0.375 e. The summed E-state index contributed by atoms with van der Waals surface area (Å²) >= 11 is 0. The first kappa shape index (κ1) is 20.9. The van der Waals surface area contributed by atoms with Gasteiger partial charge in [0.15, 0.2) is 23.5 Å². The number of carbonyl (C=O) groups excluding carboxylic acids is 3. The lowest BCUT2D eigenvalue weighted by molar-refractivity contribution is -0.123. The molecular weight excluding hydrogens is 396 g/mol. The van der Waals surface area contributed by atoms with Crippen LogP contribution < -0.4 is 5.32 Å². The summed E-state index contributed by atoms with van der Waals surface area (Å²) in [4.78, 5) is 35.7. The summed E-state index contributed by atoms with van der Waals surface area (Å²) in [6.45, 7) is 2.79. The summed E-state index contributed by atoms with van der Waals surface area (Å²) in [7, 11) is 0. The van der Waals surface area contributed by atoms with Crippen molar-refractivity contribution in [2.24, 2.45) is 0 Å². The Bertz CT molecular complexity index is 1100. The normalized spacial score (nSPS) is 11.6. The number of Topliss-reactive ketones (excluding diaryl/α,β-unsaturated/α-hetero) is 1. The number of hydrogen-bond acceptors (Lipinski definition) is 5. The van der Waals surface area contributed by atoms with Gasteiger partial charge in [0.25, 0.3) is 5.91 Å². The summed E-state index contributed by atoms with van der Waals surface area (Å²) in [5.74, 6) is -3.55. The lowest BCUT2D eigenvalue weighted by Gasteiger charge is -2.12. The molecule has 8 heteroatoms. The average Bonchev–Trinajstić information content (AvgIpc) is 3.21. The van der Waals surface area contributed by atoms with Crippen LogP contribution >= 0.6 is 0 Å².